The largest absolute Gasteiger partial charge is 0.493 e. The van der Waals surface area contributed by atoms with E-state index in [0.717, 1.165) is 21.5 Å². The van der Waals surface area contributed by atoms with Gasteiger partial charge in [-0.15, -0.1) is 0 Å². The average Bonchev–Trinajstić information content (AvgIpc) is 2.92. The molecular formula is C19H17BrN2O2S. The van der Waals surface area contributed by atoms with Crippen LogP contribution in [0.15, 0.2) is 56.8 Å². The van der Waals surface area contributed by atoms with E-state index in [1.54, 1.807) is 0 Å². The van der Waals surface area contributed by atoms with Gasteiger partial charge in [-0.2, -0.15) is 0 Å². The lowest BCUT2D eigenvalue weighted by Crippen LogP contribution is -2.19. The van der Waals surface area contributed by atoms with Crippen molar-refractivity contribution >= 4 is 50.5 Å². The summed E-state index contributed by atoms with van der Waals surface area (Å²) in [5, 5.41) is 3.39. The number of nitrogens with zero attached hydrogens (tertiary/aromatic N) is 1. The first-order valence-corrected chi connectivity index (χ1v) is 9.44. The first kappa shape index (κ1) is 17.8. The van der Waals surface area contributed by atoms with Crippen LogP contribution < -0.4 is 10.1 Å². The van der Waals surface area contributed by atoms with E-state index in [9.17, 15) is 4.79 Å². The van der Waals surface area contributed by atoms with Crippen molar-refractivity contribution in [3.05, 3.63) is 63.0 Å². The fourth-order valence-corrected chi connectivity index (χ4v) is 3.60. The highest BCUT2D eigenvalue weighted by Gasteiger charge is 2.23. The zero-order valence-electron chi connectivity index (χ0n) is 13.9. The molecule has 2 aromatic rings. The number of halogens is 1. The Bertz CT molecular complexity index is 860. The Morgan fingerprint density at radius 1 is 1.24 bits per heavy atom. The third-order valence-corrected chi connectivity index (χ3v) is 5.00. The lowest BCUT2D eigenvalue weighted by atomic mass is 10.2. The Labute approximate surface area is 159 Å². The molecule has 0 bridgehead atoms. The van der Waals surface area contributed by atoms with Crippen LogP contribution in [0, 0.1) is 6.92 Å². The van der Waals surface area contributed by atoms with Crippen molar-refractivity contribution in [1.29, 1.82) is 0 Å². The van der Waals surface area contributed by atoms with Crippen molar-refractivity contribution in [1.82, 2.24) is 5.32 Å². The van der Waals surface area contributed by atoms with Crippen molar-refractivity contribution < 1.29 is 9.53 Å². The van der Waals surface area contributed by atoms with Crippen molar-refractivity contribution in [3.63, 3.8) is 0 Å². The summed E-state index contributed by atoms with van der Waals surface area (Å²) in [6, 6.07) is 13.6. The highest BCUT2D eigenvalue weighted by atomic mass is 79.9. The number of carbonyl (C=O) groups excluding carboxylic acids is 1. The standard InChI is InChI=1S/C19H17BrN2O2S/c1-3-24-16-9-6-13(10-15(16)20)11-17-18(23)22-19(25-17)21-14-7-4-12(2)5-8-14/h4-11H,3H2,1-2H3,(H,21,22,23)/b17-11-. The fraction of sp³-hybridized carbons (Fsp3) is 0.158. The molecule has 1 amide bonds. The van der Waals surface area contributed by atoms with Crippen LogP contribution in [0.3, 0.4) is 0 Å². The first-order valence-electron chi connectivity index (χ1n) is 7.84. The minimum atomic E-state index is -0.138. The molecule has 0 spiro atoms. The number of thioether (sulfide) groups is 1. The molecular weight excluding hydrogens is 400 g/mol. The molecule has 6 heteroatoms. The molecule has 0 unspecified atom stereocenters. The number of nitrogens with one attached hydrogen (secondary N) is 1. The fourth-order valence-electron chi connectivity index (χ4n) is 2.25. The Balaban J connectivity index is 1.79. The van der Waals surface area contributed by atoms with Gasteiger partial charge in [0.2, 0.25) is 0 Å². The molecule has 1 fully saturated rings. The monoisotopic (exact) mass is 416 g/mol. The van der Waals surface area contributed by atoms with E-state index in [0.29, 0.717) is 16.7 Å². The van der Waals surface area contributed by atoms with E-state index in [2.05, 4.69) is 26.2 Å². The van der Waals surface area contributed by atoms with Gasteiger partial charge in [-0.05, 0) is 77.4 Å². The summed E-state index contributed by atoms with van der Waals surface area (Å²) in [5.41, 5.74) is 2.91. The zero-order valence-corrected chi connectivity index (χ0v) is 16.3. The Morgan fingerprint density at radius 2 is 2.00 bits per heavy atom. The molecule has 1 saturated heterocycles. The van der Waals surface area contributed by atoms with Crippen molar-refractivity contribution in [3.8, 4) is 5.75 Å². The van der Waals surface area contributed by atoms with Gasteiger partial charge in [0, 0.05) is 0 Å². The van der Waals surface area contributed by atoms with Gasteiger partial charge in [-0.25, -0.2) is 4.99 Å². The lowest BCUT2D eigenvalue weighted by Gasteiger charge is -2.06. The van der Waals surface area contributed by atoms with Crippen LogP contribution in [-0.4, -0.2) is 17.7 Å². The summed E-state index contributed by atoms with van der Waals surface area (Å²) >= 11 is 4.83. The summed E-state index contributed by atoms with van der Waals surface area (Å²) in [6.07, 6.45) is 1.85. The number of carbonyl (C=O) groups is 1. The highest BCUT2D eigenvalue weighted by Crippen LogP contribution is 2.31. The number of amides is 1. The smallest absolute Gasteiger partial charge is 0.264 e. The molecule has 2 aromatic carbocycles. The summed E-state index contributed by atoms with van der Waals surface area (Å²) in [5.74, 6) is 0.649. The number of aryl methyl sites for hydroxylation is 1. The predicted octanol–water partition coefficient (Wildman–Crippen LogP) is 5.05. The minimum Gasteiger partial charge on any atom is -0.493 e. The van der Waals surface area contributed by atoms with E-state index in [4.69, 9.17) is 4.74 Å². The molecule has 0 aromatic heterocycles. The molecule has 1 aliphatic rings. The normalized spacial score (nSPS) is 17.2. The van der Waals surface area contributed by atoms with Crippen LogP contribution in [0.2, 0.25) is 0 Å². The van der Waals surface area contributed by atoms with Gasteiger partial charge in [0.05, 0.1) is 21.7 Å². The molecule has 4 nitrogen and oxygen atoms in total. The number of amidine groups is 1. The average molecular weight is 417 g/mol. The molecule has 0 atom stereocenters. The second kappa shape index (κ2) is 7.89. The third-order valence-electron chi connectivity index (χ3n) is 3.47. The lowest BCUT2D eigenvalue weighted by molar-refractivity contribution is -0.115. The SMILES string of the molecule is CCOc1ccc(/C=C2\SC(=Nc3ccc(C)cc3)NC2=O)cc1Br. The maximum absolute atomic E-state index is 12.2. The maximum atomic E-state index is 12.2. The third kappa shape index (κ3) is 4.52. The Morgan fingerprint density at radius 3 is 2.68 bits per heavy atom. The van der Waals surface area contributed by atoms with E-state index >= 15 is 0 Å². The van der Waals surface area contributed by atoms with Crippen LogP contribution >= 0.6 is 27.7 Å². The molecule has 1 heterocycles. The number of hydrogen-bond acceptors (Lipinski definition) is 4. The molecule has 1 N–H and O–H groups in total. The molecule has 3 rings (SSSR count). The molecule has 128 valence electrons. The second-order valence-electron chi connectivity index (χ2n) is 5.44. The molecule has 0 radical (unpaired) electrons. The van der Waals surface area contributed by atoms with Gasteiger partial charge in [-0.1, -0.05) is 23.8 Å². The van der Waals surface area contributed by atoms with E-state index in [1.165, 1.54) is 17.3 Å². The van der Waals surface area contributed by atoms with Crippen LogP contribution in [0.1, 0.15) is 18.1 Å². The zero-order chi connectivity index (χ0) is 17.8. The van der Waals surface area contributed by atoms with E-state index in [1.807, 2.05) is 62.4 Å². The Hall–Kier alpha value is -2.05. The topological polar surface area (TPSA) is 50.7 Å². The van der Waals surface area contributed by atoms with Gasteiger partial charge in [0.25, 0.3) is 5.91 Å². The van der Waals surface area contributed by atoms with Crippen LogP contribution in [0.4, 0.5) is 5.69 Å². The minimum absolute atomic E-state index is 0.138. The molecule has 1 aliphatic heterocycles. The van der Waals surface area contributed by atoms with Gasteiger partial charge < -0.3 is 10.1 Å². The van der Waals surface area contributed by atoms with E-state index < -0.39 is 0 Å². The van der Waals surface area contributed by atoms with Gasteiger partial charge in [0.1, 0.15) is 5.75 Å². The maximum Gasteiger partial charge on any atom is 0.264 e. The van der Waals surface area contributed by atoms with Gasteiger partial charge in [-0.3, -0.25) is 4.79 Å². The number of benzene rings is 2. The number of rotatable bonds is 4. The Kier molecular flexibility index (Phi) is 5.60. The van der Waals surface area contributed by atoms with Crippen molar-refractivity contribution in [2.24, 2.45) is 4.99 Å². The molecule has 0 saturated carbocycles. The highest BCUT2D eigenvalue weighted by molar-refractivity contribution is 9.10. The quantitative estimate of drug-likeness (QED) is 0.709. The predicted molar refractivity (Wildman–Crippen MR) is 107 cm³/mol. The van der Waals surface area contributed by atoms with Gasteiger partial charge in [0.15, 0.2) is 5.17 Å². The second-order valence-corrected chi connectivity index (χ2v) is 7.33. The summed E-state index contributed by atoms with van der Waals surface area (Å²) in [6.45, 7) is 4.58. The van der Waals surface area contributed by atoms with Crippen LogP contribution in [0.5, 0.6) is 5.75 Å². The van der Waals surface area contributed by atoms with Crippen molar-refractivity contribution in [2.75, 3.05) is 6.61 Å². The van der Waals surface area contributed by atoms with Crippen LogP contribution in [-0.2, 0) is 4.79 Å². The molecule has 25 heavy (non-hydrogen) atoms. The number of ether oxygens (including phenoxy) is 1. The number of aliphatic imine (C=N–C) groups is 1. The summed E-state index contributed by atoms with van der Waals surface area (Å²) in [4.78, 5) is 17.3. The number of hydrogen-bond donors (Lipinski definition) is 1. The first-order chi connectivity index (χ1) is 12.0. The summed E-state index contributed by atoms with van der Waals surface area (Å²) < 4.78 is 6.37. The van der Waals surface area contributed by atoms with Gasteiger partial charge >= 0.3 is 0 Å². The van der Waals surface area contributed by atoms with E-state index in [-0.39, 0.29) is 5.91 Å². The molecule has 0 aliphatic carbocycles. The van der Waals surface area contributed by atoms with Crippen molar-refractivity contribution in [2.45, 2.75) is 13.8 Å². The van der Waals surface area contributed by atoms with Crippen LogP contribution in [0.25, 0.3) is 6.08 Å². The summed E-state index contributed by atoms with van der Waals surface area (Å²) in [7, 11) is 0.